The Hall–Kier alpha value is -2.37. The van der Waals surface area contributed by atoms with Gasteiger partial charge in [0.2, 0.25) is 5.91 Å². The van der Waals surface area contributed by atoms with E-state index in [1.54, 1.807) is 24.3 Å². The quantitative estimate of drug-likeness (QED) is 0.738. The van der Waals surface area contributed by atoms with E-state index in [1.807, 2.05) is 0 Å². The molecule has 1 aliphatic carbocycles. The Morgan fingerprint density at radius 3 is 2.28 bits per heavy atom. The van der Waals surface area contributed by atoms with Crippen molar-refractivity contribution >= 4 is 23.5 Å². The summed E-state index contributed by atoms with van der Waals surface area (Å²) < 4.78 is 0. The lowest BCUT2D eigenvalue weighted by Gasteiger charge is -2.34. The van der Waals surface area contributed by atoms with Gasteiger partial charge in [0.05, 0.1) is 0 Å². The number of hydrogen-bond acceptors (Lipinski definition) is 3. The molecule has 0 spiro atoms. The van der Waals surface area contributed by atoms with Gasteiger partial charge in [-0.2, -0.15) is 0 Å². The van der Waals surface area contributed by atoms with Crippen LogP contribution in [0.1, 0.15) is 56.3 Å². The van der Waals surface area contributed by atoms with Gasteiger partial charge in [0.15, 0.2) is 0 Å². The van der Waals surface area contributed by atoms with Crippen molar-refractivity contribution in [2.45, 2.75) is 46.0 Å². The molecule has 0 heterocycles. The molecule has 1 aromatic rings. The summed E-state index contributed by atoms with van der Waals surface area (Å²) in [5, 5.41) is 13.7. The first-order chi connectivity index (χ1) is 11.7. The van der Waals surface area contributed by atoms with Crippen LogP contribution in [0, 0.1) is 11.3 Å². The molecule has 0 radical (unpaired) electrons. The molecular weight excluding hydrogens is 320 g/mol. The molecular formula is C19H26N2O4. The van der Waals surface area contributed by atoms with Gasteiger partial charge in [0.25, 0.3) is 5.91 Å². The SMILES string of the molecule is CC1(C)CCC(CC(=O)Nc2ccc(C(=O)NCC(=O)O)cc2)CC1. The highest BCUT2D eigenvalue weighted by Crippen LogP contribution is 2.39. The molecule has 0 saturated heterocycles. The van der Waals surface area contributed by atoms with Crippen molar-refractivity contribution in [3.8, 4) is 0 Å². The van der Waals surface area contributed by atoms with Crippen LogP contribution < -0.4 is 10.6 Å². The number of anilines is 1. The molecule has 6 nitrogen and oxygen atoms in total. The van der Waals surface area contributed by atoms with E-state index in [2.05, 4.69) is 24.5 Å². The minimum absolute atomic E-state index is 0.00668. The zero-order chi connectivity index (χ0) is 18.4. The number of amides is 2. The fraction of sp³-hybridized carbons (Fsp3) is 0.526. The zero-order valence-corrected chi connectivity index (χ0v) is 14.8. The van der Waals surface area contributed by atoms with Gasteiger partial charge in [-0.3, -0.25) is 14.4 Å². The molecule has 1 fully saturated rings. The van der Waals surface area contributed by atoms with Gasteiger partial charge in [0.1, 0.15) is 6.54 Å². The van der Waals surface area contributed by atoms with Gasteiger partial charge < -0.3 is 15.7 Å². The molecule has 0 unspecified atom stereocenters. The first kappa shape index (κ1) is 19.0. The molecule has 0 bridgehead atoms. The highest BCUT2D eigenvalue weighted by atomic mass is 16.4. The number of hydrogen-bond donors (Lipinski definition) is 3. The van der Waals surface area contributed by atoms with E-state index >= 15 is 0 Å². The molecule has 3 N–H and O–H groups in total. The second-order valence-corrected chi connectivity index (χ2v) is 7.51. The fourth-order valence-corrected chi connectivity index (χ4v) is 3.10. The minimum atomic E-state index is -1.09. The van der Waals surface area contributed by atoms with Crippen molar-refractivity contribution in [3.05, 3.63) is 29.8 Å². The first-order valence-electron chi connectivity index (χ1n) is 8.65. The maximum atomic E-state index is 12.2. The maximum absolute atomic E-state index is 12.2. The van der Waals surface area contributed by atoms with Gasteiger partial charge >= 0.3 is 5.97 Å². The molecule has 2 amide bonds. The second-order valence-electron chi connectivity index (χ2n) is 7.51. The standard InChI is InChI=1S/C19H26N2O4/c1-19(2)9-7-13(8-10-19)11-16(22)21-15-5-3-14(4-6-15)18(25)20-12-17(23)24/h3-6,13H,7-12H2,1-2H3,(H,20,25)(H,21,22)(H,23,24). The van der Waals surface area contributed by atoms with E-state index in [1.165, 1.54) is 0 Å². The van der Waals surface area contributed by atoms with E-state index in [0.29, 0.717) is 29.0 Å². The van der Waals surface area contributed by atoms with Crippen molar-refractivity contribution in [1.29, 1.82) is 0 Å². The summed E-state index contributed by atoms with van der Waals surface area (Å²) in [6, 6.07) is 6.43. The van der Waals surface area contributed by atoms with E-state index in [-0.39, 0.29) is 5.91 Å². The van der Waals surface area contributed by atoms with Crippen LogP contribution in [0.5, 0.6) is 0 Å². The lowest BCUT2D eigenvalue weighted by atomic mass is 9.72. The molecule has 0 aliphatic heterocycles. The van der Waals surface area contributed by atoms with Crippen LogP contribution in [0.4, 0.5) is 5.69 Å². The predicted molar refractivity (Wildman–Crippen MR) is 95.4 cm³/mol. The second kappa shape index (κ2) is 8.14. The van der Waals surface area contributed by atoms with E-state index in [0.717, 1.165) is 25.7 Å². The van der Waals surface area contributed by atoms with E-state index in [4.69, 9.17) is 5.11 Å². The Morgan fingerprint density at radius 1 is 1.12 bits per heavy atom. The summed E-state index contributed by atoms with van der Waals surface area (Å²) in [7, 11) is 0. The molecule has 0 atom stereocenters. The number of benzene rings is 1. The van der Waals surface area contributed by atoms with Crippen molar-refractivity contribution in [2.75, 3.05) is 11.9 Å². The van der Waals surface area contributed by atoms with Crippen molar-refractivity contribution < 1.29 is 19.5 Å². The van der Waals surface area contributed by atoms with Crippen molar-refractivity contribution in [3.63, 3.8) is 0 Å². The molecule has 6 heteroatoms. The summed E-state index contributed by atoms with van der Waals surface area (Å²) in [5.41, 5.74) is 1.38. The molecule has 136 valence electrons. The average molecular weight is 346 g/mol. The number of nitrogens with one attached hydrogen (secondary N) is 2. The van der Waals surface area contributed by atoms with Crippen LogP contribution in [-0.2, 0) is 9.59 Å². The van der Waals surface area contributed by atoms with Crippen molar-refractivity contribution in [1.82, 2.24) is 5.32 Å². The largest absolute Gasteiger partial charge is 0.480 e. The smallest absolute Gasteiger partial charge is 0.322 e. The van der Waals surface area contributed by atoms with Crippen LogP contribution in [-0.4, -0.2) is 29.4 Å². The monoisotopic (exact) mass is 346 g/mol. The molecule has 2 rings (SSSR count). The predicted octanol–water partition coefficient (Wildman–Crippen LogP) is 3.05. The summed E-state index contributed by atoms with van der Waals surface area (Å²) in [4.78, 5) is 34.4. The first-order valence-corrected chi connectivity index (χ1v) is 8.65. The van der Waals surface area contributed by atoms with Gasteiger partial charge in [-0.15, -0.1) is 0 Å². The van der Waals surface area contributed by atoms with Gasteiger partial charge in [-0.25, -0.2) is 0 Å². The summed E-state index contributed by atoms with van der Waals surface area (Å²) in [5.74, 6) is -1.12. The number of rotatable bonds is 6. The number of carbonyl (C=O) groups is 3. The fourth-order valence-electron chi connectivity index (χ4n) is 3.10. The Morgan fingerprint density at radius 2 is 1.72 bits per heavy atom. The maximum Gasteiger partial charge on any atom is 0.322 e. The van der Waals surface area contributed by atoms with E-state index in [9.17, 15) is 14.4 Å². The molecule has 1 saturated carbocycles. The van der Waals surface area contributed by atoms with Gasteiger partial charge in [-0.1, -0.05) is 13.8 Å². The molecule has 25 heavy (non-hydrogen) atoms. The zero-order valence-electron chi connectivity index (χ0n) is 14.8. The highest BCUT2D eigenvalue weighted by molar-refractivity contribution is 5.97. The van der Waals surface area contributed by atoms with Crippen LogP contribution >= 0.6 is 0 Å². The number of carboxylic acid groups (broad SMARTS) is 1. The van der Waals surface area contributed by atoms with Crippen LogP contribution in [0.2, 0.25) is 0 Å². The third-order valence-electron chi connectivity index (χ3n) is 4.76. The lowest BCUT2D eigenvalue weighted by molar-refractivity contribution is -0.135. The third-order valence-corrected chi connectivity index (χ3v) is 4.76. The normalized spacial score (nSPS) is 16.9. The third kappa shape index (κ3) is 6.21. The number of carbonyl (C=O) groups excluding carboxylic acids is 2. The Kier molecular flexibility index (Phi) is 6.17. The molecule has 1 aromatic carbocycles. The Bertz CT molecular complexity index is 627. The summed E-state index contributed by atoms with van der Waals surface area (Å²) >= 11 is 0. The van der Waals surface area contributed by atoms with Gasteiger partial charge in [-0.05, 0) is 61.3 Å². The minimum Gasteiger partial charge on any atom is -0.480 e. The lowest BCUT2D eigenvalue weighted by Crippen LogP contribution is -2.29. The average Bonchev–Trinajstić information content (AvgIpc) is 2.55. The number of aliphatic carboxylic acids is 1. The van der Waals surface area contributed by atoms with Gasteiger partial charge in [0, 0.05) is 17.7 Å². The van der Waals surface area contributed by atoms with Crippen molar-refractivity contribution in [2.24, 2.45) is 11.3 Å². The summed E-state index contributed by atoms with van der Waals surface area (Å²) in [6.07, 6.45) is 5.01. The topological polar surface area (TPSA) is 95.5 Å². The highest BCUT2D eigenvalue weighted by Gasteiger charge is 2.27. The van der Waals surface area contributed by atoms with Crippen LogP contribution in [0.15, 0.2) is 24.3 Å². The van der Waals surface area contributed by atoms with Crippen LogP contribution in [0.25, 0.3) is 0 Å². The number of carboxylic acids is 1. The molecule has 1 aliphatic rings. The Labute approximate surface area is 148 Å². The summed E-state index contributed by atoms with van der Waals surface area (Å²) in [6.45, 7) is 4.13. The van der Waals surface area contributed by atoms with E-state index < -0.39 is 18.4 Å². The molecule has 0 aromatic heterocycles. The Balaban J connectivity index is 1.81. The van der Waals surface area contributed by atoms with Crippen LogP contribution in [0.3, 0.4) is 0 Å².